The molecule has 2 aromatic carbocycles. The average molecular weight is 430 g/mol. The molecule has 0 radical (unpaired) electrons. The number of likely N-dealkylation sites (N-methyl/N-ethyl adjacent to an activating group) is 1. The minimum Gasteiger partial charge on any atom is -0.454 e. The van der Waals surface area contributed by atoms with Crippen LogP contribution in [0, 0.1) is 5.82 Å². The lowest BCUT2D eigenvalue weighted by atomic mass is 10.1. The van der Waals surface area contributed by atoms with E-state index in [0.717, 1.165) is 29.2 Å². The molecule has 0 aliphatic carbocycles. The second-order valence-corrected chi connectivity index (χ2v) is 6.41. The smallest absolute Gasteiger partial charge is 0.416 e. The molecule has 1 aliphatic heterocycles. The van der Waals surface area contributed by atoms with Crippen LogP contribution in [0.5, 0.6) is 11.5 Å². The van der Waals surface area contributed by atoms with Crippen LogP contribution in [-0.2, 0) is 12.7 Å². The van der Waals surface area contributed by atoms with Gasteiger partial charge >= 0.3 is 6.18 Å². The van der Waals surface area contributed by atoms with Gasteiger partial charge in [-0.25, -0.2) is 4.39 Å². The van der Waals surface area contributed by atoms with E-state index in [1.807, 2.05) is 31.3 Å². The lowest BCUT2D eigenvalue weighted by Gasteiger charge is -2.14. The summed E-state index contributed by atoms with van der Waals surface area (Å²) in [5, 5.41) is 0. The number of fused-ring (bicyclic) bond motifs is 1. The Morgan fingerprint density at radius 2 is 1.79 bits per heavy atom. The van der Waals surface area contributed by atoms with E-state index < -0.39 is 17.6 Å². The number of alkyl halides is 3. The van der Waals surface area contributed by atoms with Crippen LogP contribution in [0.15, 0.2) is 54.6 Å². The molecule has 156 valence electrons. The van der Waals surface area contributed by atoms with E-state index in [9.17, 15) is 17.6 Å². The largest absolute Gasteiger partial charge is 0.454 e. The summed E-state index contributed by atoms with van der Waals surface area (Å²) in [6, 6.07) is 8.28. The summed E-state index contributed by atoms with van der Waals surface area (Å²) in [5.74, 6) is 0.578. The SMILES string of the molecule is CN(C/C=C/C=C/c1ccc(C(F)(F)F)cc1F)Cc1ccc2c(c1)OCO2.Cl. The van der Waals surface area contributed by atoms with Gasteiger partial charge in [-0.05, 0) is 36.9 Å². The Hall–Kier alpha value is -2.51. The molecule has 8 heteroatoms. The molecular formula is C21H20ClF4NO2. The maximum atomic E-state index is 13.8. The third kappa shape index (κ3) is 6.24. The lowest BCUT2D eigenvalue weighted by molar-refractivity contribution is -0.137. The minimum atomic E-state index is -4.55. The van der Waals surface area contributed by atoms with E-state index in [-0.39, 0.29) is 24.8 Å². The number of halogens is 5. The molecule has 0 bridgehead atoms. The third-order valence-electron chi connectivity index (χ3n) is 4.16. The minimum absolute atomic E-state index is 0. The van der Waals surface area contributed by atoms with Gasteiger partial charge in [0.05, 0.1) is 5.56 Å². The lowest BCUT2D eigenvalue weighted by Crippen LogP contribution is -2.17. The highest BCUT2D eigenvalue weighted by Crippen LogP contribution is 2.33. The topological polar surface area (TPSA) is 21.7 Å². The molecule has 0 N–H and O–H groups in total. The van der Waals surface area contributed by atoms with Gasteiger partial charge in [-0.1, -0.05) is 36.4 Å². The normalized spacial score (nSPS) is 13.4. The van der Waals surface area contributed by atoms with Gasteiger partial charge < -0.3 is 9.47 Å². The predicted molar refractivity (Wildman–Crippen MR) is 106 cm³/mol. The number of hydrogen-bond donors (Lipinski definition) is 0. The summed E-state index contributed by atoms with van der Waals surface area (Å²) in [5.41, 5.74) is 0.191. The van der Waals surface area contributed by atoms with Crippen molar-refractivity contribution in [2.45, 2.75) is 12.7 Å². The molecule has 0 unspecified atom stereocenters. The van der Waals surface area contributed by atoms with Gasteiger partial charge in [-0.2, -0.15) is 13.2 Å². The Morgan fingerprint density at radius 1 is 1.03 bits per heavy atom. The van der Waals surface area contributed by atoms with Gasteiger partial charge in [-0.15, -0.1) is 12.4 Å². The molecule has 1 heterocycles. The van der Waals surface area contributed by atoms with E-state index in [4.69, 9.17) is 9.47 Å². The number of benzene rings is 2. The number of rotatable bonds is 6. The van der Waals surface area contributed by atoms with Crippen molar-refractivity contribution in [2.75, 3.05) is 20.4 Å². The summed E-state index contributed by atoms with van der Waals surface area (Å²) in [4.78, 5) is 2.07. The Balaban J connectivity index is 0.00000300. The van der Waals surface area contributed by atoms with Crippen LogP contribution in [0.3, 0.4) is 0 Å². The fourth-order valence-corrected chi connectivity index (χ4v) is 2.73. The number of allylic oxidation sites excluding steroid dienone is 2. The first-order valence-electron chi connectivity index (χ1n) is 8.60. The first-order chi connectivity index (χ1) is 13.3. The van der Waals surface area contributed by atoms with E-state index in [2.05, 4.69) is 4.90 Å². The molecule has 0 amide bonds. The molecule has 0 saturated carbocycles. The second-order valence-electron chi connectivity index (χ2n) is 6.41. The molecule has 1 aliphatic rings. The standard InChI is InChI=1S/C21H19F4NO2.ClH/c1-26(13-15-6-9-19-20(11-15)28-14-27-19)10-4-2-3-5-16-7-8-17(12-18(16)22)21(23,24)25;/h2-9,11-12H,10,13-14H2,1H3;1H/b4-2+,5-3+;. The van der Waals surface area contributed by atoms with Crippen LogP contribution in [0.1, 0.15) is 16.7 Å². The first kappa shape index (κ1) is 22.8. The van der Waals surface area contributed by atoms with Crippen LogP contribution >= 0.6 is 12.4 Å². The highest BCUT2D eigenvalue weighted by molar-refractivity contribution is 5.85. The average Bonchev–Trinajstić information content (AvgIpc) is 3.09. The fraction of sp³-hybridized carbons (Fsp3) is 0.238. The summed E-state index contributed by atoms with van der Waals surface area (Å²) in [6.45, 7) is 1.59. The van der Waals surface area contributed by atoms with Crippen LogP contribution in [0.4, 0.5) is 17.6 Å². The molecule has 29 heavy (non-hydrogen) atoms. The van der Waals surface area contributed by atoms with Gasteiger partial charge in [0.2, 0.25) is 6.79 Å². The molecule has 3 nitrogen and oxygen atoms in total. The van der Waals surface area contributed by atoms with Crippen LogP contribution in [-0.4, -0.2) is 25.3 Å². The Kier molecular flexibility index (Phi) is 7.70. The highest BCUT2D eigenvalue weighted by Gasteiger charge is 2.30. The van der Waals surface area contributed by atoms with Gasteiger partial charge in [0.15, 0.2) is 11.5 Å². The highest BCUT2D eigenvalue weighted by atomic mass is 35.5. The zero-order valence-corrected chi connectivity index (χ0v) is 16.4. The zero-order chi connectivity index (χ0) is 20.1. The summed E-state index contributed by atoms with van der Waals surface area (Å²) in [6.07, 6.45) is 2.09. The first-order valence-corrected chi connectivity index (χ1v) is 8.60. The van der Waals surface area contributed by atoms with Gasteiger partial charge in [0, 0.05) is 18.7 Å². The molecule has 0 atom stereocenters. The van der Waals surface area contributed by atoms with Crippen molar-refractivity contribution in [1.29, 1.82) is 0 Å². The summed E-state index contributed by atoms with van der Waals surface area (Å²) >= 11 is 0. The fourth-order valence-electron chi connectivity index (χ4n) is 2.73. The van der Waals surface area contributed by atoms with Gasteiger partial charge in [0.1, 0.15) is 5.82 Å². The molecule has 0 saturated heterocycles. The van der Waals surface area contributed by atoms with E-state index in [1.165, 1.54) is 6.08 Å². The molecule has 2 aromatic rings. The van der Waals surface area contributed by atoms with Gasteiger partial charge in [-0.3, -0.25) is 4.90 Å². The van der Waals surface area contributed by atoms with Crippen molar-refractivity contribution in [3.05, 3.63) is 77.1 Å². The van der Waals surface area contributed by atoms with E-state index in [1.54, 1.807) is 12.2 Å². The Bertz CT molecular complexity index is 897. The number of hydrogen-bond acceptors (Lipinski definition) is 3. The van der Waals surface area contributed by atoms with Gasteiger partial charge in [0.25, 0.3) is 0 Å². The van der Waals surface area contributed by atoms with E-state index in [0.29, 0.717) is 19.2 Å². The molecule has 0 fully saturated rings. The van der Waals surface area contributed by atoms with Crippen molar-refractivity contribution < 1.29 is 27.0 Å². The quantitative estimate of drug-likeness (QED) is 0.434. The van der Waals surface area contributed by atoms with Crippen molar-refractivity contribution in [3.63, 3.8) is 0 Å². The van der Waals surface area contributed by atoms with Crippen molar-refractivity contribution in [3.8, 4) is 11.5 Å². The Morgan fingerprint density at radius 3 is 2.52 bits per heavy atom. The maximum Gasteiger partial charge on any atom is 0.416 e. The third-order valence-corrected chi connectivity index (χ3v) is 4.16. The monoisotopic (exact) mass is 429 g/mol. The van der Waals surface area contributed by atoms with Crippen molar-refractivity contribution >= 4 is 18.5 Å². The predicted octanol–water partition coefficient (Wildman–Crippen LogP) is 5.70. The second kappa shape index (κ2) is 9.80. The molecule has 0 spiro atoms. The van der Waals surface area contributed by atoms with Crippen molar-refractivity contribution in [2.24, 2.45) is 0 Å². The zero-order valence-electron chi connectivity index (χ0n) is 15.6. The Labute approximate surface area is 172 Å². The molecular weight excluding hydrogens is 410 g/mol. The van der Waals surface area contributed by atoms with Crippen LogP contribution in [0.2, 0.25) is 0 Å². The molecule has 3 rings (SSSR count). The summed E-state index contributed by atoms with van der Waals surface area (Å²) in [7, 11) is 1.95. The molecule has 0 aromatic heterocycles. The van der Waals surface area contributed by atoms with Crippen LogP contribution < -0.4 is 9.47 Å². The van der Waals surface area contributed by atoms with Crippen molar-refractivity contribution in [1.82, 2.24) is 4.90 Å². The van der Waals surface area contributed by atoms with E-state index >= 15 is 0 Å². The number of nitrogens with zero attached hydrogens (tertiary/aromatic N) is 1. The summed E-state index contributed by atoms with van der Waals surface area (Å²) < 4.78 is 62.0. The van der Waals surface area contributed by atoms with Crippen LogP contribution in [0.25, 0.3) is 6.08 Å². The number of ether oxygens (including phenoxy) is 2. The maximum absolute atomic E-state index is 13.8.